The Kier molecular flexibility index (Phi) is 3.72. The predicted molar refractivity (Wildman–Crippen MR) is 87.3 cm³/mol. The number of carbonyl (C=O) groups is 1. The number of pyridine rings is 1. The van der Waals surface area contributed by atoms with E-state index in [4.69, 9.17) is 0 Å². The molecule has 0 aliphatic carbocycles. The number of halogens is 1. The van der Waals surface area contributed by atoms with Gasteiger partial charge in [-0.3, -0.25) is 9.20 Å². The Morgan fingerprint density at radius 2 is 1.96 bits per heavy atom. The number of aromatic nitrogens is 3. The molecular formula is C18H17FN4O. The fraction of sp³-hybridized carbons (Fsp3) is 0.278. The zero-order valence-electron chi connectivity index (χ0n) is 13.1. The Hall–Kier alpha value is -2.76. The van der Waals surface area contributed by atoms with E-state index in [0.29, 0.717) is 13.1 Å². The van der Waals surface area contributed by atoms with Crippen molar-refractivity contribution in [2.45, 2.75) is 18.8 Å². The zero-order valence-corrected chi connectivity index (χ0v) is 13.1. The molecule has 1 atom stereocenters. The van der Waals surface area contributed by atoms with Crippen molar-refractivity contribution in [1.29, 1.82) is 0 Å². The topological polar surface area (TPSA) is 50.5 Å². The normalized spacial score (nSPS) is 18.0. The first-order chi connectivity index (χ1) is 11.7. The standard InChI is InChI=1S/C18H17FN4O/c19-15-8-2-1-7-14(15)18(24)22-10-5-6-13(12-22)17-21-20-16-9-3-4-11-23(16)17/h1-4,7-9,11,13H,5-6,10,12H2/t13-/m1/s1. The highest BCUT2D eigenvalue weighted by atomic mass is 19.1. The Morgan fingerprint density at radius 3 is 2.83 bits per heavy atom. The van der Waals surface area contributed by atoms with Gasteiger partial charge < -0.3 is 4.90 Å². The van der Waals surface area contributed by atoms with Crippen LogP contribution in [0.15, 0.2) is 48.7 Å². The maximum atomic E-state index is 13.9. The first-order valence-electron chi connectivity index (χ1n) is 8.07. The van der Waals surface area contributed by atoms with E-state index in [1.54, 1.807) is 17.0 Å². The van der Waals surface area contributed by atoms with Gasteiger partial charge in [-0.05, 0) is 37.1 Å². The average molecular weight is 324 g/mol. The van der Waals surface area contributed by atoms with Crippen LogP contribution in [0.5, 0.6) is 0 Å². The van der Waals surface area contributed by atoms with Crippen LogP contribution in [0.25, 0.3) is 5.65 Å². The van der Waals surface area contributed by atoms with E-state index in [9.17, 15) is 9.18 Å². The Morgan fingerprint density at radius 1 is 1.12 bits per heavy atom. The van der Waals surface area contributed by atoms with Gasteiger partial charge in [-0.25, -0.2) is 4.39 Å². The lowest BCUT2D eigenvalue weighted by Gasteiger charge is -2.32. The summed E-state index contributed by atoms with van der Waals surface area (Å²) in [6.07, 6.45) is 3.74. The van der Waals surface area contributed by atoms with Crippen LogP contribution in [0.2, 0.25) is 0 Å². The van der Waals surface area contributed by atoms with Gasteiger partial charge in [0, 0.05) is 25.2 Å². The van der Waals surface area contributed by atoms with E-state index < -0.39 is 5.82 Å². The smallest absolute Gasteiger partial charge is 0.256 e. The van der Waals surface area contributed by atoms with Gasteiger partial charge in [-0.1, -0.05) is 18.2 Å². The first-order valence-corrected chi connectivity index (χ1v) is 8.07. The Bertz CT molecular complexity index is 891. The van der Waals surface area contributed by atoms with Gasteiger partial charge in [0.25, 0.3) is 5.91 Å². The molecule has 0 unspecified atom stereocenters. The molecule has 1 aromatic carbocycles. The molecular weight excluding hydrogens is 307 g/mol. The number of hydrogen-bond donors (Lipinski definition) is 0. The molecule has 0 bridgehead atoms. The molecule has 6 heteroatoms. The fourth-order valence-corrected chi connectivity index (χ4v) is 3.32. The lowest BCUT2D eigenvalue weighted by Crippen LogP contribution is -2.39. The maximum Gasteiger partial charge on any atom is 0.256 e. The lowest BCUT2D eigenvalue weighted by atomic mass is 9.96. The summed E-state index contributed by atoms with van der Waals surface area (Å²) in [4.78, 5) is 14.4. The monoisotopic (exact) mass is 324 g/mol. The lowest BCUT2D eigenvalue weighted by molar-refractivity contribution is 0.0699. The van der Waals surface area contributed by atoms with Crippen molar-refractivity contribution in [3.63, 3.8) is 0 Å². The van der Waals surface area contributed by atoms with Crippen molar-refractivity contribution in [1.82, 2.24) is 19.5 Å². The Labute approximate surface area is 138 Å². The summed E-state index contributed by atoms with van der Waals surface area (Å²) in [6.45, 7) is 1.17. The van der Waals surface area contributed by atoms with Crippen molar-refractivity contribution in [2.24, 2.45) is 0 Å². The minimum absolute atomic E-state index is 0.104. The van der Waals surface area contributed by atoms with Gasteiger partial charge in [-0.15, -0.1) is 10.2 Å². The molecule has 0 N–H and O–H groups in total. The van der Waals surface area contributed by atoms with Crippen LogP contribution in [0.1, 0.15) is 34.9 Å². The number of piperidine rings is 1. The molecule has 24 heavy (non-hydrogen) atoms. The molecule has 3 aromatic rings. The van der Waals surface area contributed by atoms with Crippen LogP contribution in [0.3, 0.4) is 0 Å². The van der Waals surface area contributed by atoms with Crippen molar-refractivity contribution >= 4 is 11.6 Å². The number of rotatable bonds is 2. The number of fused-ring (bicyclic) bond motifs is 1. The first kappa shape index (κ1) is 14.8. The second-order valence-corrected chi connectivity index (χ2v) is 6.06. The summed E-state index contributed by atoms with van der Waals surface area (Å²) in [6, 6.07) is 11.9. The van der Waals surface area contributed by atoms with Crippen molar-refractivity contribution < 1.29 is 9.18 Å². The van der Waals surface area contributed by atoms with Gasteiger partial charge in [0.1, 0.15) is 11.6 Å². The highest BCUT2D eigenvalue weighted by Gasteiger charge is 2.29. The highest BCUT2D eigenvalue weighted by Crippen LogP contribution is 2.27. The summed E-state index contributed by atoms with van der Waals surface area (Å²) in [5.41, 5.74) is 0.925. The largest absolute Gasteiger partial charge is 0.338 e. The maximum absolute atomic E-state index is 13.9. The minimum Gasteiger partial charge on any atom is -0.338 e. The molecule has 0 saturated carbocycles. The van der Waals surface area contributed by atoms with Gasteiger partial charge >= 0.3 is 0 Å². The molecule has 5 nitrogen and oxygen atoms in total. The second kappa shape index (κ2) is 6.03. The van der Waals surface area contributed by atoms with E-state index in [2.05, 4.69) is 10.2 Å². The van der Waals surface area contributed by atoms with E-state index in [1.165, 1.54) is 12.1 Å². The molecule has 0 radical (unpaired) electrons. The summed E-state index contributed by atoms with van der Waals surface area (Å²) in [5, 5.41) is 8.49. The number of amides is 1. The van der Waals surface area contributed by atoms with Crippen LogP contribution < -0.4 is 0 Å². The molecule has 1 aliphatic rings. The van der Waals surface area contributed by atoms with Crippen LogP contribution >= 0.6 is 0 Å². The third kappa shape index (κ3) is 2.54. The van der Waals surface area contributed by atoms with E-state index in [0.717, 1.165) is 24.3 Å². The summed E-state index contributed by atoms with van der Waals surface area (Å²) in [7, 11) is 0. The number of benzene rings is 1. The second-order valence-electron chi connectivity index (χ2n) is 6.06. The van der Waals surface area contributed by atoms with Crippen molar-refractivity contribution in [3.05, 3.63) is 65.9 Å². The van der Waals surface area contributed by atoms with Crippen molar-refractivity contribution in [2.75, 3.05) is 13.1 Å². The molecule has 1 fully saturated rings. The molecule has 1 saturated heterocycles. The van der Waals surface area contributed by atoms with Gasteiger partial charge in [0.05, 0.1) is 5.56 Å². The highest BCUT2D eigenvalue weighted by molar-refractivity contribution is 5.94. The number of carbonyl (C=O) groups excluding carboxylic acids is 1. The van der Waals surface area contributed by atoms with E-state index >= 15 is 0 Å². The summed E-state index contributed by atoms with van der Waals surface area (Å²) < 4.78 is 15.9. The van der Waals surface area contributed by atoms with Gasteiger partial charge in [0.2, 0.25) is 0 Å². The predicted octanol–water partition coefficient (Wildman–Crippen LogP) is 2.89. The molecule has 1 amide bonds. The fourth-order valence-electron chi connectivity index (χ4n) is 3.32. The van der Waals surface area contributed by atoms with Gasteiger partial charge in [-0.2, -0.15) is 0 Å². The average Bonchev–Trinajstić information content (AvgIpc) is 3.06. The zero-order chi connectivity index (χ0) is 16.5. The SMILES string of the molecule is O=C(c1ccccc1F)N1CCC[C@@H](c2nnc3ccccn23)C1. The third-order valence-corrected chi connectivity index (χ3v) is 4.52. The number of likely N-dealkylation sites (tertiary alicyclic amines) is 1. The molecule has 0 spiro atoms. The molecule has 2 aromatic heterocycles. The molecule has 3 heterocycles. The minimum atomic E-state index is -0.474. The third-order valence-electron chi connectivity index (χ3n) is 4.52. The number of hydrogen-bond acceptors (Lipinski definition) is 3. The van der Waals surface area contributed by atoms with Gasteiger partial charge in [0.15, 0.2) is 5.65 Å². The molecule has 4 rings (SSSR count). The van der Waals surface area contributed by atoms with Crippen LogP contribution in [0.4, 0.5) is 4.39 Å². The summed E-state index contributed by atoms with van der Waals surface area (Å²) in [5.74, 6) is 0.229. The molecule has 122 valence electrons. The van der Waals surface area contributed by atoms with Crippen molar-refractivity contribution in [3.8, 4) is 0 Å². The Balaban J connectivity index is 1.60. The van der Waals surface area contributed by atoms with Crippen LogP contribution in [0, 0.1) is 5.82 Å². The molecule has 1 aliphatic heterocycles. The van der Waals surface area contributed by atoms with Crippen LogP contribution in [-0.2, 0) is 0 Å². The quantitative estimate of drug-likeness (QED) is 0.728. The number of nitrogens with zero attached hydrogens (tertiary/aromatic N) is 4. The van der Waals surface area contributed by atoms with Crippen LogP contribution in [-0.4, -0.2) is 38.5 Å². The van der Waals surface area contributed by atoms with E-state index in [-0.39, 0.29) is 17.4 Å². The van der Waals surface area contributed by atoms with E-state index in [1.807, 2.05) is 28.8 Å². The summed E-state index contributed by atoms with van der Waals surface area (Å²) >= 11 is 0.